The number of anilines is 1. The Kier molecular flexibility index (Phi) is 4.28. The Morgan fingerprint density at radius 1 is 1.44 bits per heavy atom. The van der Waals surface area contributed by atoms with Crippen LogP contribution in [0.15, 0.2) is 34.1 Å². The van der Waals surface area contributed by atoms with Crippen LogP contribution in [0.3, 0.4) is 0 Å². The fraction of sp³-hybridized carbons (Fsp3) is 0.154. The second-order valence-corrected chi connectivity index (χ2v) is 6.11. The van der Waals surface area contributed by atoms with E-state index in [-0.39, 0.29) is 6.04 Å². The summed E-state index contributed by atoms with van der Waals surface area (Å²) in [5.74, 6) is 0. The van der Waals surface area contributed by atoms with Gasteiger partial charge in [-0.1, -0.05) is 11.6 Å². The van der Waals surface area contributed by atoms with Gasteiger partial charge in [-0.05, 0) is 47.1 Å². The Morgan fingerprint density at radius 2 is 2.22 bits per heavy atom. The highest BCUT2D eigenvalue weighted by Crippen LogP contribution is 2.29. The average molecular weight is 342 g/mol. The number of hydrogen-bond acceptors (Lipinski definition) is 3. The van der Waals surface area contributed by atoms with Crippen molar-refractivity contribution in [1.29, 1.82) is 5.26 Å². The molecule has 2 aromatic rings. The highest BCUT2D eigenvalue weighted by atomic mass is 79.9. The minimum Gasteiger partial charge on any atom is -0.378 e. The van der Waals surface area contributed by atoms with E-state index in [1.54, 1.807) is 23.5 Å². The number of nitrogens with one attached hydrogen (secondary N) is 1. The van der Waals surface area contributed by atoms with Gasteiger partial charge >= 0.3 is 0 Å². The van der Waals surface area contributed by atoms with Gasteiger partial charge in [0.05, 0.1) is 16.6 Å². The molecule has 5 heteroatoms. The Morgan fingerprint density at radius 3 is 2.83 bits per heavy atom. The van der Waals surface area contributed by atoms with Gasteiger partial charge in [0.2, 0.25) is 0 Å². The molecule has 1 aromatic heterocycles. The lowest BCUT2D eigenvalue weighted by molar-refractivity contribution is 0.907. The molecular formula is C13H10BrClN2S. The van der Waals surface area contributed by atoms with Crippen LogP contribution >= 0.6 is 38.9 Å². The van der Waals surface area contributed by atoms with Gasteiger partial charge in [-0.15, -0.1) is 11.3 Å². The van der Waals surface area contributed by atoms with Crippen molar-refractivity contribution in [3.8, 4) is 6.07 Å². The Balaban J connectivity index is 2.17. The fourth-order valence-electron chi connectivity index (χ4n) is 1.58. The van der Waals surface area contributed by atoms with E-state index in [1.165, 1.54) is 4.88 Å². The quantitative estimate of drug-likeness (QED) is 0.832. The number of benzene rings is 1. The lowest BCUT2D eigenvalue weighted by Crippen LogP contribution is -2.04. The predicted molar refractivity (Wildman–Crippen MR) is 80.2 cm³/mol. The number of nitriles is 1. The molecule has 2 nitrogen and oxygen atoms in total. The second-order valence-electron chi connectivity index (χ2n) is 3.84. The zero-order valence-electron chi connectivity index (χ0n) is 9.58. The van der Waals surface area contributed by atoms with Gasteiger partial charge in [-0.25, -0.2) is 0 Å². The van der Waals surface area contributed by atoms with Crippen molar-refractivity contribution in [3.63, 3.8) is 0 Å². The molecule has 0 amide bonds. The maximum Gasteiger partial charge on any atom is 0.101 e. The van der Waals surface area contributed by atoms with E-state index in [2.05, 4.69) is 45.7 Å². The maximum absolute atomic E-state index is 8.93. The van der Waals surface area contributed by atoms with Crippen LogP contribution in [0.25, 0.3) is 0 Å². The van der Waals surface area contributed by atoms with E-state index in [0.29, 0.717) is 10.6 Å². The SMILES string of the molecule is CC(Nc1ccc(Cl)c(C#N)c1)c1cc(Br)cs1. The standard InChI is InChI=1S/C13H10BrClN2S/c1-8(13-5-10(14)7-18-13)17-11-2-3-12(15)9(4-11)6-16/h2-5,7-8,17H,1H3. The summed E-state index contributed by atoms with van der Waals surface area (Å²) in [6.45, 7) is 2.08. The third kappa shape index (κ3) is 3.05. The largest absolute Gasteiger partial charge is 0.378 e. The smallest absolute Gasteiger partial charge is 0.101 e. The molecule has 0 radical (unpaired) electrons. The van der Waals surface area contributed by atoms with Crippen LogP contribution in [-0.4, -0.2) is 0 Å². The number of rotatable bonds is 3. The monoisotopic (exact) mass is 340 g/mol. The molecule has 2 rings (SSSR count). The van der Waals surface area contributed by atoms with Gasteiger partial charge in [0.1, 0.15) is 6.07 Å². The lowest BCUT2D eigenvalue weighted by atomic mass is 10.2. The molecule has 1 aromatic carbocycles. The van der Waals surface area contributed by atoms with Crippen molar-refractivity contribution < 1.29 is 0 Å². The molecule has 1 N–H and O–H groups in total. The normalized spacial score (nSPS) is 11.9. The lowest BCUT2D eigenvalue weighted by Gasteiger charge is -2.14. The molecule has 1 heterocycles. The van der Waals surface area contributed by atoms with Crippen molar-refractivity contribution in [3.05, 3.63) is 49.6 Å². The van der Waals surface area contributed by atoms with Crippen LogP contribution in [0.1, 0.15) is 23.4 Å². The molecule has 1 unspecified atom stereocenters. The molecule has 0 aliphatic carbocycles. The molecule has 18 heavy (non-hydrogen) atoms. The summed E-state index contributed by atoms with van der Waals surface area (Å²) in [7, 11) is 0. The van der Waals surface area contributed by atoms with Gasteiger partial charge < -0.3 is 5.32 Å². The number of thiophene rings is 1. The molecule has 0 aliphatic rings. The highest BCUT2D eigenvalue weighted by molar-refractivity contribution is 9.10. The number of nitrogens with zero attached hydrogens (tertiary/aromatic N) is 1. The first-order chi connectivity index (χ1) is 8.60. The van der Waals surface area contributed by atoms with E-state index in [9.17, 15) is 0 Å². The van der Waals surface area contributed by atoms with Gasteiger partial charge in [0.15, 0.2) is 0 Å². The Bertz CT molecular complexity index is 603. The topological polar surface area (TPSA) is 35.8 Å². The van der Waals surface area contributed by atoms with Gasteiger partial charge in [-0.2, -0.15) is 5.26 Å². The molecule has 92 valence electrons. The van der Waals surface area contributed by atoms with Crippen molar-refractivity contribution in [2.24, 2.45) is 0 Å². The molecule has 0 bridgehead atoms. The summed E-state index contributed by atoms with van der Waals surface area (Å²) in [6, 6.07) is 9.73. The summed E-state index contributed by atoms with van der Waals surface area (Å²) >= 11 is 11.0. The van der Waals surface area contributed by atoms with Crippen molar-refractivity contribution in [1.82, 2.24) is 0 Å². The van der Waals surface area contributed by atoms with E-state index >= 15 is 0 Å². The molecule has 0 saturated carbocycles. The maximum atomic E-state index is 8.93. The first kappa shape index (κ1) is 13.4. The zero-order valence-corrected chi connectivity index (χ0v) is 12.7. The Hall–Kier alpha value is -1.02. The molecule has 0 fully saturated rings. The molecule has 0 saturated heterocycles. The number of halogens is 2. The van der Waals surface area contributed by atoms with Crippen molar-refractivity contribution in [2.45, 2.75) is 13.0 Å². The summed E-state index contributed by atoms with van der Waals surface area (Å²) < 4.78 is 1.09. The molecule has 0 spiro atoms. The van der Waals surface area contributed by atoms with Crippen molar-refractivity contribution in [2.75, 3.05) is 5.32 Å². The molecule has 1 atom stereocenters. The fourth-order valence-corrected chi connectivity index (χ4v) is 3.19. The Labute approximate surface area is 123 Å². The van der Waals surface area contributed by atoms with Crippen molar-refractivity contribution >= 4 is 44.6 Å². The number of hydrogen-bond donors (Lipinski definition) is 1. The van der Waals surface area contributed by atoms with Crippen LogP contribution in [0.4, 0.5) is 5.69 Å². The van der Waals surface area contributed by atoms with E-state index in [1.807, 2.05) is 6.07 Å². The van der Waals surface area contributed by atoms with Gasteiger partial charge in [0.25, 0.3) is 0 Å². The first-order valence-corrected chi connectivity index (χ1v) is 7.35. The summed E-state index contributed by atoms with van der Waals surface area (Å²) in [5.41, 5.74) is 1.38. The average Bonchev–Trinajstić information content (AvgIpc) is 2.78. The van der Waals surface area contributed by atoms with Gasteiger partial charge in [0, 0.05) is 20.4 Å². The van der Waals surface area contributed by atoms with Gasteiger partial charge in [-0.3, -0.25) is 0 Å². The highest BCUT2D eigenvalue weighted by Gasteiger charge is 2.09. The molecule has 0 aliphatic heterocycles. The predicted octanol–water partition coefficient (Wildman–Crippen LogP) is 5.21. The van der Waals surface area contributed by atoms with Crippen LogP contribution in [0, 0.1) is 11.3 Å². The van der Waals surface area contributed by atoms with E-state index in [4.69, 9.17) is 16.9 Å². The third-order valence-corrected chi connectivity index (χ3v) is 4.69. The minimum absolute atomic E-state index is 0.189. The van der Waals surface area contributed by atoms with E-state index < -0.39 is 0 Å². The van der Waals surface area contributed by atoms with Crippen LogP contribution < -0.4 is 5.32 Å². The van der Waals surface area contributed by atoms with Crippen LogP contribution in [-0.2, 0) is 0 Å². The van der Waals surface area contributed by atoms with E-state index in [0.717, 1.165) is 10.2 Å². The third-order valence-electron chi connectivity index (χ3n) is 2.48. The summed E-state index contributed by atoms with van der Waals surface area (Å²) in [5, 5.41) is 14.8. The van der Waals surface area contributed by atoms with Crippen LogP contribution in [0.2, 0.25) is 5.02 Å². The minimum atomic E-state index is 0.189. The second kappa shape index (κ2) is 5.75. The molecular weight excluding hydrogens is 332 g/mol. The van der Waals surface area contributed by atoms with Crippen LogP contribution in [0.5, 0.6) is 0 Å². The summed E-state index contributed by atoms with van der Waals surface area (Å²) in [4.78, 5) is 1.23. The summed E-state index contributed by atoms with van der Waals surface area (Å²) in [6.07, 6.45) is 0. The first-order valence-electron chi connectivity index (χ1n) is 5.30. The zero-order chi connectivity index (χ0) is 13.1.